The minimum absolute atomic E-state index is 0.0496. The normalized spacial score (nSPS) is 15.7. The van der Waals surface area contributed by atoms with Crippen molar-refractivity contribution in [2.45, 2.75) is 51.6 Å². The molecule has 0 saturated carbocycles. The molecule has 39 heavy (non-hydrogen) atoms. The third-order valence-corrected chi connectivity index (χ3v) is 7.93. The molecule has 7 heteroatoms. The second kappa shape index (κ2) is 9.73. The van der Waals surface area contributed by atoms with Gasteiger partial charge in [-0.15, -0.1) is 0 Å². The quantitative estimate of drug-likeness (QED) is 0.294. The van der Waals surface area contributed by atoms with Gasteiger partial charge < -0.3 is 29.8 Å². The van der Waals surface area contributed by atoms with E-state index in [1.165, 1.54) is 29.4 Å². The molecule has 1 atom stereocenters. The van der Waals surface area contributed by atoms with Gasteiger partial charge in [0.2, 0.25) is 5.75 Å². The average Bonchev–Trinajstić information content (AvgIpc) is 3.37. The molecule has 1 aliphatic carbocycles. The van der Waals surface area contributed by atoms with Crippen LogP contribution in [0.2, 0.25) is 0 Å². The molecule has 0 radical (unpaired) electrons. The van der Waals surface area contributed by atoms with Crippen molar-refractivity contribution in [2.75, 3.05) is 7.11 Å². The Morgan fingerprint density at radius 2 is 1.79 bits per heavy atom. The van der Waals surface area contributed by atoms with Gasteiger partial charge in [-0.3, -0.25) is 4.79 Å². The number of aromatic nitrogens is 1. The molecule has 7 nitrogen and oxygen atoms in total. The Bertz CT molecular complexity index is 1580. The Hall–Kier alpha value is -4.39. The summed E-state index contributed by atoms with van der Waals surface area (Å²) in [5.74, 6) is -0.315. The minimum atomic E-state index is -0.551. The molecule has 1 unspecified atom stereocenters. The van der Waals surface area contributed by atoms with Crippen LogP contribution in [-0.4, -0.2) is 33.0 Å². The Morgan fingerprint density at radius 3 is 2.54 bits per heavy atom. The molecule has 1 aliphatic heterocycles. The number of carbonyl (C=O) groups excluding carboxylic acids is 1. The number of aromatic hydroxyl groups is 3. The van der Waals surface area contributed by atoms with E-state index in [-0.39, 0.29) is 46.5 Å². The number of fused-ring (bicyclic) bond motifs is 4. The number of ketones is 1. The number of phenolic OH excluding ortho intramolecular Hbond substituents is 3. The van der Waals surface area contributed by atoms with Gasteiger partial charge in [-0.1, -0.05) is 49.7 Å². The molecule has 2 aliphatic rings. The molecule has 2 heterocycles. The first-order valence-electron chi connectivity index (χ1n) is 13.3. The molecule has 6 rings (SSSR count). The molecule has 1 aromatic heterocycles. The van der Waals surface area contributed by atoms with Crippen LogP contribution < -0.4 is 14.5 Å². The van der Waals surface area contributed by atoms with Gasteiger partial charge in [0, 0.05) is 5.56 Å². The van der Waals surface area contributed by atoms with E-state index in [0.717, 1.165) is 36.2 Å². The third-order valence-electron chi connectivity index (χ3n) is 7.93. The summed E-state index contributed by atoms with van der Waals surface area (Å²) in [6, 6.07) is 15.1. The topological polar surface area (TPSA) is 115 Å². The maximum absolute atomic E-state index is 11.2. The van der Waals surface area contributed by atoms with E-state index in [1.54, 1.807) is 24.3 Å². The fraction of sp³-hybridized carbons (Fsp3) is 0.281. The zero-order valence-corrected chi connectivity index (χ0v) is 22.0. The zero-order chi connectivity index (χ0) is 27.3. The fourth-order valence-electron chi connectivity index (χ4n) is 5.93. The number of nitrogens with zero attached hydrogens (tertiary/aromatic N) is 1. The van der Waals surface area contributed by atoms with Crippen molar-refractivity contribution in [3.63, 3.8) is 0 Å². The van der Waals surface area contributed by atoms with E-state index in [2.05, 4.69) is 31.2 Å². The van der Waals surface area contributed by atoms with Gasteiger partial charge >= 0.3 is 5.78 Å². The lowest BCUT2D eigenvalue weighted by Crippen LogP contribution is -2.23. The zero-order valence-electron chi connectivity index (χ0n) is 22.0. The Kier molecular flexibility index (Phi) is 6.22. The lowest BCUT2D eigenvalue weighted by atomic mass is 9.84. The fourth-order valence-corrected chi connectivity index (χ4v) is 5.93. The van der Waals surface area contributed by atoms with E-state index in [9.17, 15) is 20.1 Å². The first kappa shape index (κ1) is 24.9. The Balaban J connectivity index is 1.38. The summed E-state index contributed by atoms with van der Waals surface area (Å²) in [6.07, 6.45) is 3.30. The second-order valence-corrected chi connectivity index (χ2v) is 10.2. The first-order valence-corrected chi connectivity index (χ1v) is 13.3. The minimum Gasteiger partial charge on any atom is -0.664 e. The number of phenols is 3. The van der Waals surface area contributed by atoms with Crippen molar-refractivity contribution < 1.29 is 29.6 Å². The van der Waals surface area contributed by atoms with Crippen molar-refractivity contribution in [3.05, 3.63) is 87.7 Å². The highest BCUT2D eigenvalue weighted by atomic mass is 16.5. The van der Waals surface area contributed by atoms with Crippen LogP contribution in [0.3, 0.4) is 0 Å². The summed E-state index contributed by atoms with van der Waals surface area (Å²) in [6.45, 7) is 2.12. The predicted octanol–water partition coefficient (Wildman–Crippen LogP) is 5.30. The Labute approximate surface area is 226 Å². The number of aryl methyl sites for hydroxylation is 3. The lowest BCUT2D eigenvalue weighted by Gasteiger charge is -2.28. The molecule has 4 aromatic rings. The van der Waals surface area contributed by atoms with Gasteiger partial charge in [-0.25, -0.2) is 0 Å². The highest BCUT2D eigenvalue weighted by Gasteiger charge is 2.40. The van der Waals surface area contributed by atoms with Gasteiger partial charge in [0.05, 0.1) is 7.11 Å². The Morgan fingerprint density at radius 1 is 1.00 bits per heavy atom. The van der Waals surface area contributed by atoms with Gasteiger partial charge in [0.25, 0.3) is 0 Å². The largest absolute Gasteiger partial charge is 0.664 e. The average molecular weight is 526 g/mol. The molecule has 0 spiro atoms. The maximum Gasteiger partial charge on any atom is 0.335 e. The van der Waals surface area contributed by atoms with Crippen molar-refractivity contribution in [3.8, 4) is 39.9 Å². The van der Waals surface area contributed by atoms with E-state index >= 15 is 0 Å². The molecule has 0 saturated heterocycles. The summed E-state index contributed by atoms with van der Waals surface area (Å²) in [7, 11) is 1.37. The highest BCUT2D eigenvalue weighted by Crippen LogP contribution is 2.52. The summed E-state index contributed by atoms with van der Waals surface area (Å²) < 4.78 is 11.7. The van der Waals surface area contributed by atoms with E-state index in [0.29, 0.717) is 18.4 Å². The molecule has 4 N–H and O–H groups in total. The van der Waals surface area contributed by atoms with E-state index in [4.69, 9.17) is 14.5 Å². The summed E-state index contributed by atoms with van der Waals surface area (Å²) >= 11 is 0. The molecule has 0 fully saturated rings. The third kappa shape index (κ3) is 4.18. The molecular formula is C32H31NO6. The molecular weight excluding hydrogens is 494 g/mol. The summed E-state index contributed by atoms with van der Waals surface area (Å²) in [4.78, 5) is 15.8. The molecule has 0 amide bonds. The lowest BCUT2D eigenvalue weighted by molar-refractivity contribution is 0.197. The van der Waals surface area contributed by atoms with Crippen molar-refractivity contribution >= 4 is 5.78 Å². The number of methoxy groups -OCH3 is 1. The summed E-state index contributed by atoms with van der Waals surface area (Å²) in [5.41, 5.74) is 8.53. The van der Waals surface area contributed by atoms with Crippen LogP contribution in [0.1, 0.15) is 58.7 Å². The highest BCUT2D eigenvalue weighted by molar-refractivity contribution is 6.05. The standard InChI is InChI=1S/C32H30NO6/c1-3-19-15-24-22-6-4-5-17(21(22)13-14-25(24)33-19)9-12-23-29(36)32(38-2)30(37)28-26(35)16-27(39-31(23)28)18-7-10-20(34)11-8-18/h4-8,10-11,15,27,34H,3,9,12-14,16H2,1-2H3,(H2,35,36,37)/q-1/p+1. The summed E-state index contributed by atoms with van der Waals surface area (Å²) in [5, 5.41) is 31.8. The smallest absolute Gasteiger partial charge is 0.335 e. The number of rotatable bonds is 6. The van der Waals surface area contributed by atoms with Crippen LogP contribution in [0.15, 0.2) is 48.5 Å². The first-order chi connectivity index (χ1) is 18.9. The van der Waals surface area contributed by atoms with Crippen LogP contribution >= 0.6 is 0 Å². The van der Waals surface area contributed by atoms with Crippen LogP contribution in [0.4, 0.5) is 0 Å². The monoisotopic (exact) mass is 525 g/mol. The molecule has 200 valence electrons. The van der Waals surface area contributed by atoms with Crippen LogP contribution in [0.25, 0.3) is 11.1 Å². The van der Waals surface area contributed by atoms with Gasteiger partial charge in [0.1, 0.15) is 24.0 Å². The molecule has 3 aromatic carbocycles. The van der Waals surface area contributed by atoms with Crippen LogP contribution in [0.5, 0.6) is 28.7 Å². The van der Waals surface area contributed by atoms with Gasteiger partial charge in [-0.05, 0) is 65.6 Å². The van der Waals surface area contributed by atoms with E-state index < -0.39 is 6.10 Å². The van der Waals surface area contributed by atoms with Crippen LogP contribution in [-0.2, 0) is 32.1 Å². The number of ether oxygens (including phenoxy) is 2. The van der Waals surface area contributed by atoms with Crippen molar-refractivity contribution in [1.29, 1.82) is 0 Å². The number of hydrogen-bond donors (Lipinski definition) is 3. The molecule has 0 bridgehead atoms. The predicted molar refractivity (Wildman–Crippen MR) is 148 cm³/mol. The number of benzene rings is 3. The van der Waals surface area contributed by atoms with Gasteiger partial charge in [0.15, 0.2) is 17.1 Å². The number of hydrogen-bond acceptors (Lipinski definition) is 5. The SMILES string of the molecule is CCc1cc2c([n-]1)CCc1c(CCc3c(O)c(OC)c(O)c4c3OC(c3ccc(O)cc3)CC4=[OH+])cccc1-2. The van der Waals surface area contributed by atoms with Crippen molar-refractivity contribution in [2.24, 2.45) is 0 Å². The van der Waals surface area contributed by atoms with Gasteiger partial charge in [-0.2, -0.15) is 11.4 Å². The van der Waals surface area contributed by atoms with Crippen LogP contribution in [0, 0.1) is 0 Å². The maximum atomic E-state index is 11.2. The van der Waals surface area contributed by atoms with E-state index in [1.807, 2.05) is 0 Å². The second-order valence-electron chi connectivity index (χ2n) is 10.2. The van der Waals surface area contributed by atoms with Crippen molar-refractivity contribution in [1.82, 2.24) is 4.98 Å².